The molecule has 6 nitrogen and oxygen atoms in total. The first-order chi connectivity index (χ1) is 11.7. The number of aromatic amines is 1. The van der Waals surface area contributed by atoms with E-state index in [1.165, 1.54) is 19.2 Å². The highest BCUT2D eigenvalue weighted by atomic mass is 19.1. The number of hydrogen-bond donors (Lipinski definition) is 1. The van der Waals surface area contributed by atoms with Crippen LogP contribution < -0.4 is 4.74 Å². The molecule has 24 heavy (non-hydrogen) atoms. The molecule has 0 saturated heterocycles. The third-order valence-electron chi connectivity index (χ3n) is 3.83. The lowest BCUT2D eigenvalue weighted by Gasteiger charge is -2.05. The molecular weight excluding hydrogens is 309 g/mol. The summed E-state index contributed by atoms with van der Waals surface area (Å²) in [5.41, 5.74) is 3.85. The Morgan fingerprint density at radius 3 is 2.88 bits per heavy atom. The Hall–Kier alpha value is -3.22. The molecule has 3 aromatic heterocycles. The minimum atomic E-state index is -0.357. The monoisotopic (exact) mass is 323 g/mol. The van der Waals surface area contributed by atoms with Gasteiger partial charge in [0.25, 0.3) is 0 Å². The number of aryl methyl sites for hydroxylation is 1. The van der Waals surface area contributed by atoms with Gasteiger partial charge in [-0.1, -0.05) is 0 Å². The van der Waals surface area contributed by atoms with Crippen molar-refractivity contribution >= 4 is 11.2 Å². The van der Waals surface area contributed by atoms with E-state index in [4.69, 9.17) is 4.74 Å². The first-order valence-electron chi connectivity index (χ1n) is 7.34. The van der Waals surface area contributed by atoms with Crippen molar-refractivity contribution in [3.8, 4) is 28.4 Å². The maximum atomic E-state index is 13.4. The molecule has 0 aliphatic rings. The fourth-order valence-corrected chi connectivity index (χ4v) is 2.70. The van der Waals surface area contributed by atoms with Gasteiger partial charge in [-0.05, 0) is 24.3 Å². The van der Waals surface area contributed by atoms with Crippen molar-refractivity contribution in [2.75, 3.05) is 7.11 Å². The smallest absolute Gasteiger partial charge is 0.177 e. The first kappa shape index (κ1) is 14.4. The van der Waals surface area contributed by atoms with Gasteiger partial charge in [0.1, 0.15) is 28.6 Å². The van der Waals surface area contributed by atoms with E-state index in [2.05, 4.69) is 20.1 Å². The molecule has 4 rings (SSSR count). The molecule has 1 N–H and O–H groups in total. The van der Waals surface area contributed by atoms with Crippen LogP contribution in [0.4, 0.5) is 4.39 Å². The number of pyridine rings is 1. The second-order valence-corrected chi connectivity index (χ2v) is 5.34. The maximum Gasteiger partial charge on any atom is 0.177 e. The van der Waals surface area contributed by atoms with Gasteiger partial charge in [-0.15, -0.1) is 0 Å². The maximum absolute atomic E-state index is 13.4. The topological polar surface area (TPSA) is 68.6 Å². The number of H-pyrrole nitrogens is 1. The number of hydrogen-bond acceptors (Lipinski definition) is 4. The summed E-state index contributed by atoms with van der Waals surface area (Å²) in [5, 5.41) is 4.50. The predicted molar refractivity (Wildman–Crippen MR) is 88.0 cm³/mol. The zero-order valence-electron chi connectivity index (χ0n) is 13.1. The number of nitrogens with one attached hydrogen (secondary N) is 1. The van der Waals surface area contributed by atoms with Crippen LogP contribution in [-0.2, 0) is 7.05 Å². The van der Waals surface area contributed by atoms with Crippen molar-refractivity contribution in [1.29, 1.82) is 0 Å². The van der Waals surface area contributed by atoms with E-state index < -0.39 is 0 Å². The third-order valence-corrected chi connectivity index (χ3v) is 3.83. The Morgan fingerprint density at radius 2 is 2.12 bits per heavy atom. The second kappa shape index (κ2) is 5.45. The number of rotatable bonds is 3. The Kier molecular flexibility index (Phi) is 3.26. The SMILES string of the molecule is COc1cc(F)ccc1-c1nc2c([nH]1)c(-c1cccnc1)nn2C. The number of methoxy groups -OCH3 is 1. The Bertz CT molecular complexity index is 1020. The number of fused-ring (bicyclic) bond motifs is 1. The highest BCUT2D eigenvalue weighted by molar-refractivity contribution is 5.90. The summed E-state index contributed by atoms with van der Waals surface area (Å²) >= 11 is 0. The number of benzene rings is 1. The fraction of sp³-hybridized carbons (Fsp3) is 0.118. The highest BCUT2D eigenvalue weighted by Gasteiger charge is 2.18. The molecule has 7 heteroatoms. The standard InChI is InChI=1S/C17H14FN5O/c1-23-17-15(14(22-23)10-4-3-7-19-9-10)20-16(21-17)12-6-5-11(18)8-13(12)24-2/h3-9H,1-2H3,(H,20,21). The molecule has 0 atom stereocenters. The lowest BCUT2D eigenvalue weighted by Crippen LogP contribution is -1.94. The van der Waals surface area contributed by atoms with Gasteiger partial charge in [-0.25, -0.2) is 14.1 Å². The van der Waals surface area contributed by atoms with Gasteiger partial charge < -0.3 is 9.72 Å². The van der Waals surface area contributed by atoms with Crippen LogP contribution in [0.15, 0.2) is 42.7 Å². The molecule has 0 unspecified atom stereocenters. The molecular formula is C17H14FN5O. The molecule has 0 aliphatic heterocycles. The summed E-state index contributed by atoms with van der Waals surface area (Å²) in [6, 6.07) is 8.15. The van der Waals surface area contributed by atoms with Gasteiger partial charge >= 0.3 is 0 Å². The second-order valence-electron chi connectivity index (χ2n) is 5.34. The predicted octanol–water partition coefficient (Wildman–Crippen LogP) is 3.17. The number of ether oxygens (including phenoxy) is 1. The van der Waals surface area contributed by atoms with E-state index >= 15 is 0 Å². The van der Waals surface area contributed by atoms with Crippen molar-refractivity contribution in [3.63, 3.8) is 0 Å². The van der Waals surface area contributed by atoms with Crippen LogP contribution in [0.25, 0.3) is 33.8 Å². The van der Waals surface area contributed by atoms with Crippen molar-refractivity contribution in [2.45, 2.75) is 0 Å². The fourth-order valence-electron chi connectivity index (χ4n) is 2.70. The average molecular weight is 323 g/mol. The molecule has 3 heterocycles. The molecule has 4 aromatic rings. The van der Waals surface area contributed by atoms with Gasteiger partial charge in [0.15, 0.2) is 5.65 Å². The molecule has 0 amide bonds. The molecule has 1 aromatic carbocycles. The highest BCUT2D eigenvalue weighted by Crippen LogP contribution is 2.32. The molecule has 0 aliphatic carbocycles. The first-order valence-corrected chi connectivity index (χ1v) is 7.34. The van der Waals surface area contributed by atoms with E-state index in [-0.39, 0.29) is 5.82 Å². The van der Waals surface area contributed by atoms with Crippen LogP contribution in [0, 0.1) is 5.82 Å². The minimum Gasteiger partial charge on any atom is -0.496 e. The van der Waals surface area contributed by atoms with E-state index in [9.17, 15) is 4.39 Å². The van der Waals surface area contributed by atoms with Crippen LogP contribution >= 0.6 is 0 Å². The zero-order chi connectivity index (χ0) is 16.7. The molecule has 0 saturated carbocycles. The Labute approximate surface area is 136 Å². The number of imidazole rings is 1. The van der Waals surface area contributed by atoms with Gasteiger partial charge in [-0.3, -0.25) is 4.98 Å². The molecule has 0 radical (unpaired) electrons. The molecule has 120 valence electrons. The number of aromatic nitrogens is 5. The van der Waals surface area contributed by atoms with Crippen LogP contribution in [0.5, 0.6) is 5.75 Å². The summed E-state index contributed by atoms with van der Waals surface area (Å²) in [7, 11) is 3.33. The largest absolute Gasteiger partial charge is 0.496 e. The van der Waals surface area contributed by atoms with Crippen LogP contribution in [0.1, 0.15) is 0 Å². The quantitative estimate of drug-likeness (QED) is 0.629. The van der Waals surface area contributed by atoms with Crippen molar-refractivity contribution in [2.24, 2.45) is 7.05 Å². The number of halogens is 1. The molecule has 0 spiro atoms. The summed E-state index contributed by atoms with van der Waals surface area (Å²) in [4.78, 5) is 12.0. The summed E-state index contributed by atoms with van der Waals surface area (Å²) < 4.78 is 20.4. The van der Waals surface area contributed by atoms with Crippen LogP contribution in [0.2, 0.25) is 0 Å². The molecule has 0 fully saturated rings. The van der Waals surface area contributed by atoms with Crippen molar-refractivity contribution in [3.05, 3.63) is 48.5 Å². The van der Waals surface area contributed by atoms with Gasteiger partial charge in [0.2, 0.25) is 0 Å². The average Bonchev–Trinajstić information content (AvgIpc) is 3.16. The van der Waals surface area contributed by atoms with E-state index in [1.54, 1.807) is 23.1 Å². The van der Waals surface area contributed by atoms with Crippen molar-refractivity contribution in [1.82, 2.24) is 24.7 Å². The van der Waals surface area contributed by atoms with Crippen molar-refractivity contribution < 1.29 is 9.13 Å². The summed E-state index contributed by atoms with van der Waals surface area (Å²) in [5.74, 6) is 0.661. The minimum absolute atomic E-state index is 0.357. The van der Waals surface area contributed by atoms with Crippen LogP contribution in [0.3, 0.4) is 0 Å². The van der Waals surface area contributed by atoms with Gasteiger partial charge in [0.05, 0.1) is 12.7 Å². The summed E-state index contributed by atoms with van der Waals surface area (Å²) in [6.45, 7) is 0. The summed E-state index contributed by atoms with van der Waals surface area (Å²) in [6.07, 6.45) is 3.46. The zero-order valence-corrected chi connectivity index (χ0v) is 13.1. The Balaban J connectivity index is 1.91. The van der Waals surface area contributed by atoms with E-state index in [1.807, 2.05) is 19.2 Å². The van der Waals surface area contributed by atoms with Crippen LogP contribution in [-0.4, -0.2) is 31.8 Å². The lowest BCUT2D eigenvalue weighted by molar-refractivity contribution is 0.412. The van der Waals surface area contributed by atoms with E-state index in [0.717, 1.165) is 16.8 Å². The van der Waals surface area contributed by atoms with Gasteiger partial charge in [0, 0.05) is 31.1 Å². The normalized spacial score (nSPS) is 11.1. The Morgan fingerprint density at radius 1 is 1.25 bits per heavy atom. The third kappa shape index (κ3) is 2.21. The molecule has 0 bridgehead atoms. The van der Waals surface area contributed by atoms with Gasteiger partial charge in [-0.2, -0.15) is 5.10 Å². The van der Waals surface area contributed by atoms with E-state index in [0.29, 0.717) is 22.8 Å². The number of nitrogens with zero attached hydrogens (tertiary/aromatic N) is 4. The lowest BCUT2D eigenvalue weighted by atomic mass is 10.2.